The summed E-state index contributed by atoms with van der Waals surface area (Å²) in [4.78, 5) is 12.1. The Morgan fingerprint density at radius 1 is 1.37 bits per heavy atom. The van der Waals surface area contributed by atoms with Gasteiger partial charge in [0.1, 0.15) is 0 Å². The molecule has 1 fully saturated rings. The normalized spacial score (nSPS) is 16.2. The van der Waals surface area contributed by atoms with Crippen molar-refractivity contribution in [3.63, 3.8) is 0 Å². The molecular formula is C12H15ClN4OS. The number of anilines is 1. The summed E-state index contributed by atoms with van der Waals surface area (Å²) in [6.45, 7) is 3.77. The first-order valence-electron chi connectivity index (χ1n) is 6.26. The van der Waals surface area contributed by atoms with E-state index in [4.69, 9.17) is 22.1 Å². The molecule has 0 atom stereocenters. The zero-order valence-corrected chi connectivity index (χ0v) is 12.0. The summed E-state index contributed by atoms with van der Waals surface area (Å²) < 4.78 is 6.47. The van der Waals surface area contributed by atoms with Crippen molar-refractivity contribution < 1.29 is 4.74 Å². The largest absolute Gasteiger partial charge is 0.378 e. The quantitative estimate of drug-likeness (QED) is 0.874. The smallest absolute Gasteiger partial charge is 0.224 e. The van der Waals surface area contributed by atoms with Crippen LogP contribution >= 0.6 is 22.9 Å². The number of ether oxygens (including phenoxy) is 1. The van der Waals surface area contributed by atoms with Crippen LogP contribution in [0.4, 0.5) is 5.82 Å². The third-order valence-electron chi connectivity index (χ3n) is 3.08. The van der Waals surface area contributed by atoms with E-state index in [0.717, 1.165) is 48.8 Å². The first-order chi connectivity index (χ1) is 9.28. The summed E-state index contributed by atoms with van der Waals surface area (Å²) in [5, 5.41) is 0.297. The van der Waals surface area contributed by atoms with Crippen molar-refractivity contribution in [3.8, 4) is 0 Å². The van der Waals surface area contributed by atoms with Gasteiger partial charge >= 0.3 is 0 Å². The molecule has 1 aliphatic heterocycles. The molecule has 0 saturated carbocycles. The predicted molar refractivity (Wildman–Crippen MR) is 78.2 cm³/mol. The monoisotopic (exact) mass is 298 g/mol. The summed E-state index contributed by atoms with van der Waals surface area (Å²) in [7, 11) is 0. The van der Waals surface area contributed by atoms with Crippen LogP contribution in [0.25, 0.3) is 10.2 Å². The van der Waals surface area contributed by atoms with Crippen LogP contribution in [0.2, 0.25) is 5.28 Å². The minimum atomic E-state index is 0.297. The molecule has 2 aromatic heterocycles. The van der Waals surface area contributed by atoms with Gasteiger partial charge in [0, 0.05) is 18.0 Å². The van der Waals surface area contributed by atoms with Crippen molar-refractivity contribution in [1.29, 1.82) is 0 Å². The fourth-order valence-electron chi connectivity index (χ4n) is 2.19. The fraction of sp³-hybridized carbons (Fsp3) is 0.500. The summed E-state index contributed by atoms with van der Waals surface area (Å²) in [6.07, 6.45) is 0.862. The molecule has 1 aliphatic rings. The van der Waals surface area contributed by atoms with Crippen molar-refractivity contribution in [2.45, 2.75) is 6.42 Å². The number of rotatable bonds is 3. The maximum atomic E-state index is 6.03. The summed E-state index contributed by atoms with van der Waals surface area (Å²) in [5.41, 5.74) is 6.52. The zero-order valence-electron chi connectivity index (χ0n) is 10.4. The van der Waals surface area contributed by atoms with Gasteiger partial charge in [-0.15, -0.1) is 11.3 Å². The standard InChI is InChI=1S/C12H15ClN4OS/c13-12-15-9-7-8(1-2-14)19-10(9)11(16-12)17-3-5-18-6-4-17/h7H,1-6,14H2. The van der Waals surface area contributed by atoms with Crippen molar-refractivity contribution in [2.24, 2.45) is 5.73 Å². The van der Waals surface area contributed by atoms with E-state index in [1.807, 2.05) is 0 Å². The highest BCUT2D eigenvalue weighted by molar-refractivity contribution is 7.19. The highest BCUT2D eigenvalue weighted by Gasteiger charge is 2.18. The molecule has 19 heavy (non-hydrogen) atoms. The van der Waals surface area contributed by atoms with Gasteiger partial charge in [-0.3, -0.25) is 0 Å². The van der Waals surface area contributed by atoms with Crippen LogP contribution in [0.1, 0.15) is 4.88 Å². The molecule has 0 bridgehead atoms. The van der Waals surface area contributed by atoms with E-state index in [-0.39, 0.29) is 0 Å². The van der Waals surface area contributed by atoms with Gasteiger partial charge in [-0.05, 0) is 30.6 Å². The molecular weight excluding hydrogens is 284 g/mol. The van der Waals surface area contributed by atoms with Gasteiger partial charge in [0.25, 0.3) is 0 Å². The highest BCUT2D eigenvalue weighted by atomic mass is 35.5. The van der Waals surface area contributed by atoms with Gasteiger partial charge in [0.05, 0.1) is 23.4 Å². The van der Waals surface area contributed by atoms with E-state index in [9.17, 15) is 0 Å². The number of aromatic nitrogens is 2. The first kappa shape index (κ1) is 13.1. The number of thiophene rings is 1. The lowest BCUT2D eigenvalue weighted by Crippen LogP contribution is -2.36. The van der Waals surface area contributed by atoms with Gasteiger partial charge in [0.2, 0.25) is 5.28 Å². The molecule has 0 radical (unpaired) electrons. The van der Waals surface area contributed by atoms with Crippen molar-refractivity contribution in [1.82, 2.24) is 9.97 Å². The molecule has 0 aliphatic carbocycles. The Bertz CT molecular complexity index is 582. The minimum absolute atomic E-state index is 0.297. The highest BCUT2D eigenvalue weighted by Crippen LogP contribution is 2.33. The molecule has 2 N–H and O–H groups in total. The molecule has 0 amide bonds. The Morgan fingerprint density at radius 3 is 2.89 bits per heavy atom. The Morgan fingerprint density at radius 2 is 2.16 bits per heavy atom. The maximum absolute atomic E-state index is 6.03. The van der Waals surface area contributed by atoms with E-state index in [0.29, 0.717) is 11.8 Å². The molecule has 2 aromatic rings. The molecule has 3 heterocycles. The summed E-state index contributed by atoms with van der Waals surface area (Å²) in [6, 6.07) is 2.06. The van der Waals surface area contributed by atoms with Crippen LogP contribution in [-0.4, -0.2) is 42.8 Å². The average molecular weight is 299 g/mol. The van der Waals surface area contributed by atoms with E-state index in [2.05, 4.69) is 20.9 Å². The van der Waals surface area contributed by atoms with Gasteiger partial charge in [-0.25, -0.2) is 4.98 Å². The maximum Gasteiger partial charge on any atom is 0.224 e. The topological polar surface area (TPSA) is 64.3 Å². The Kier molecular flexibility index (Phi) is 3.83. The van der Waals surface area contributed by atoms with Gasteiger partial charge in [0.15, 0.2) is 5.82 Å². The lowest BCUT2D eigenvalue weighted by molar-refractivity contribution is 0.122. The number of hydrogen-bond donors (Lipinski definition) is 1. The fourth-order valence-corrected chi connectivity index (χ4v) is 3.49. The van der Waals surface area contributed by atoms with Gasteiger partial charge < -0.3 is 15.4 Å². The minimum Gasteiger partial charge on any atom is -0.378 e. The Labute approximate surface area is 120 Å². The molecule has 0 spiro atoms. The van der Waals surface area contributed by atoms with Crippen molar-refractivity contribution in [2.75, 3.05) is 37.7 Å². The van der Waals surface area contributed by atoms with E-state index >= 15 is 0 Å². The third-order valence-corrected chi connectivity index (χ3v) is 4.43. The zero-order chi connectivity index (χ0) is 13.2. The number of nitrogens with zero attached hydrogens (tertiary/aromatic N) is 3. The molecule has 0 aromatic carbocycles. The van der Waals surface area contributed by atoms with Crippen molar-refractivity contribution in [3.05, 3.63) is 16.2 Å². The third kappa shape index (κ3) is 2.67. The van der Waals surface area contributed by atoms with Crippen LogP contribution in [0.5, 0.6) is 0 Å². The lowest BCUT2D eigenvalue weighted by atomic mass is 10.3. The van der Waals surface area contributed by atoms with Crippen LogP contribution in [0.3, 0.4) is 0 Å². The molecule has 0 unspecified atom stereocenters. The van der Waals surface area contributed by atoms with E-state index in [1.165, 1.54) is 4.88 Å². The molecule has 102 valence electrons. The van der Waals surface area contributed by atoms with Crippen LogP contribution in [0.15, 0.2) is 6.07 Å². The van der Waals surface area contributed by atoms with Crippen LogP contribution < -0.4 is 10.6 Å². The molecule has 3 rings (SSSR count). The number of fused-ring (bicyclic) bond motifs is 1. The SMILES string of the molecule is NCCc1cc2nc(Cl)nc(N3CCOCC3)c2s1. The van der Waals surface area contributed by atoms with Gasteiger partial charge in [-0.2, -0.15) is 4.98 Å². The second kappa shape index (κ2) is 5.58. The number of halogens is 1. The van der Waals surface area contributed by atoms with Crippen LogP contribution in [0, 0.1) is 0 Å². The average Bonchev–Trinajstić information content (AvgIpc) is 2.81. The predicted octanol–water partition coefficient (Wildman–Crippen LogP) is 1.68. The second-order valence-electron chi connectivity index (χ2n) is 4.38. The van der Waals surface area contributed by atoms with Gasteiger partial charge in [-0.1, -0.05) is 0 Å². The van der Waals surface area contributed by atoms with Crippen LogP contribution in [-0.2, 0) is 11.2 Å². The number of nitrogens with two attached hydrogens (primary N) is 1. The Balaban J connectivity index is 2.05. The molecule has 5 nitrogen and oxygen atoms in total. The molecule has 7 heteroatoms. The van der Waals surface area contributed by atoms with E-state index < -0.39 is 0 Å². The summed E-state index contributed by atoms with van der Waals surface area (Å²) >= 11 is 7.73. The number of hydrogen-bond acceptors (Lipinski definition) is 6. The second-order valence-corrected chi connectivity index (χ2v) is 5.86. The summed E-state index contributed by atoms with van der Waals surface area (Å²) in [5.74, 6) is 0.923. The number of morpholine rings is 1. The van der Waals surface area contributed by atoms with Crippen molar-refractivity contribution >= 4 is 39.0 Å². The Hall–Kier alpha value is -0.950. The first-order valence-corrected chi connectivity index (χ1v) is 7.46. The molecule has 1 saturated heterocycles. The lowest BCUT2D eigenvalue weighted by Gasteiger charge is -2.28. The van der Waals surface area contributed by atoms with E-state index in [1.54, 1.807) is 11.3 Å².